The van der Waals surface area contributed by atoms with Crippen molar-refractivity contribution in [2.24, 2.45) is 0 Å². The highest BCUT2D eigenvalue weighted by molar-refractivity contribution is 6.08. The third kappa shape index (κ3) is 4.05. The Balaban J connectivity index is 1.35. The minimum atomic E-state index is 0.480. The maximum atomic E-state index is 6.17. The number of benzene rings is 3. The van der Waals surface area contributed by atoms with Crippen LogP contribution in [-0.4, -0.2) is 9.97 Å². The highest BCUT2D eigenvalue weighted by Gasteiger charge is 2.09. The minimum absolute atomic E-state index is 0.480. The summed E-state index contributed by atoms with van der Waals surface area (Å²) in [6.07, 6.45) is 3.74. The zero-order valence-corrected chi connectivity index (χ0v) is 17.4. The highest BCUT2D eigenvalue weighted by Crippen LogP contribution is 2.28. The van der Waals surface area contributed by atoms with Crippen LogP contribution in [0.15, 0.2) is 85.1 Å². The predicted molar refractivity (Wildman–Crippen MR) is 127 cm³/mol. The SMILES string of the molecule is Cc1ccc2c(c1)nc(N)c1ncc(CCc3ccc(Oc4ccccc4)cc3)cc12. The van der Waals surface area contributed by atoms with Crippen molar-refractivity contribution in [2.45, 2.75) is 19.8 Å². The van der Waals surface area contributed by atoms with E-state index in [-0.39, 0.29) is 0 Å². The Morgan fingerprint density at radius 1 is 0.774 bits per heavy atom. The van der Waals surface area contributed by atoms with Crippen LogP contribution < -0.4 is 10.5 Å². The van der Waals surface area contributed by atoms with E-state index in [0.717, 1.165) is 46.1 Å². The molecule has 2 aromatic heterocycles. The van der Waals surface area contributed by atoms with E-state index in [2.05, 4.69) is 53.3 Å². The van der Waals surface area contributed by atoms with Crippen LogP contribution in [0, 0.1) is 6.92 Å². The Labute approximate surface area is 181 Å². The van der Waals surface area contributed by atoms with Crippen molar-refractivity contribution >= 4 is 27.6 Å². The van der Waals surface area contributed by atoms with Gasteiger partial charge in [0.05, 0.1) is 5.52 Å². The predicted octanol–water partition coefficient (Wildman–Crippen LogP) is 6.25. The first-order chi connectivity index (χ1) is 15.2. The van der Waals surface area contributed by atoms with E-state index in [4.69, 9.17) is 10.5 Å². The van der Waals surface area contributed by atoms with E-state index in [9.17, 15) is 0 Å². The van der Waals surface area contributed by atoms with Gasteiger partial charge in [0, 0.05) is 17.0 Å². The number of nitrogens with zero attached hydrogens (tertiary/aromatic N) is 2. The second kappa shape index (κ2) is 8.07. The van der Waals surface area contributed by atoms with Crippen LogP contribution in [0.2, 0.25) is 0 Å². The number of rotatable bonds is 5. The quantitative estimate of drug-likeness (QED) is 0.351. The molecule has 3 aromatic carbocycles. The summed E-state index contributed by atoms with van der Waals surface area (Å²) in [5.41, 5.74) is 11.5. The zero-order chi connectivity index (χ0) is 21.2. The van der Waals surface area contributed by atoms with E-state index in [1.54, 1.807) is 0 Å². The fraction of sp³-hybridized carbons (Fsp3) is 0.111. The average molecular weight is 406 g/mol. The largest absolute Gasteiger partial charge is 0.457 e. The molecule has 31 heavy (non-hydrogen) atoms. The molecular weight excluding hydrogens is 382 g/mol. The van der Waals surface area contributed by atoms with Crippen molar-refractivity contribution < 1.29 is 4.74 Å². The van der Waals surface area contributed by atoms with Crippen LogP contribution in [0.1, 0.15) is 16.7 Å². The number of anilines is 1. The minimum Gasteiger partial charge on any atom is -0.457 e. The van der Waals surface area contributed by atoms with Crippen molar-refractivity contribution in [3.63, 3.8) is 0 Å². The molecule has 2 N–H and O–H groups in total. The smallest absolute Gasteiger partial charge is 0.150 e. The van der Waals surface area contributed by atoms with Gasteiger partial charge in [-0.15, -0.1) is 0 Å². The molecule has 0 fully saturated rings. The van der Waals surface area contributed by atoms with E-state index in [1.165, 1.54) is 16.7 Å². The topological polar surface area (TPSA) is 61.0 Å². The number of aryl methyl sites for hydroxylation is 3. The summed E-state index contributed by atoms with van der Waals surface area (Å²) in [5, 5.41) is 2.15. The molecule has 0 amide bonds. The molecule has 0 atom stereocenters. The first kappa shape index (κ1) is 19.1. The molecular formula is C27H23N3O. The highest BCUT2D eigenvalue weighted by atomic mass is 16.5. The first-order valence-electron chi connectivity index (χ1n) is 10.4. The molecule has 4 nitrogen and oxygen atoms in total. The van der Waals surface area contributed by atoms with E-state index >= 15 is 0 Å². The molecule has 2 heterocycles. The number of fused-ring (bicyclic) bond motifs is 3. The third-order valence-corrected chi connectivity index (χ3v) is 5.48. The van der Waals surface area contributed by atoms with Crippen molar-refractivity contribution in [3.05, 3.63) is 102 Å². The number of nitrogens with two attached hydrogens (primary N) is 1. The fourth-order valence-corrected chi connectivity index (χ4v) is 3.84. The summed E-state index contributed by atoms with van der Waals surface area (Å²) >= 11 is 0. The van der Waals surface area contributed by atoms with Crippen LogP contribution in [-0.2, 0) is 12.8 Å². The number of ether oxygens (including phenoxy) is 1. The standard InChI is InChI=1S/C27H23N3O/c1-18-7-14-23-24-16-20(17-29-26(24)27(28)30-25(23)15-18)9-8-19-10-12-22(13-11-19)31-21-5-3-2-4-6-21/h2-7,10-17H,8-9H2,1H3,(H2,28,30). The van der Waals surface area contributed by atoms with E-state index < -0.39 is 0 Å². The summed E-state index contributed by atoms with van der Waals surface area (Å²) in [6.45, 7) is 2.06. The number of para-hydroxylation sites is 1. The maximum absolute atomic E-state index is 6.17. The Kier molecular flexibility index (Phi) is 4.97. The molecule has 5 aromatic rings. The van der Waals surface area contributed by atoms with Crippen molar-refractivity contribution in [1.29, 1.82) is 0 Å². The third-order valence-electron chi connectivity index (χ3n) is 5.48. The molecule has 5 rings (SSSR count). The number of pyridine rings is 2. The van der Waals surface area contributed by atoms with Gasteiger partial charge in [0.15, 0.2) is 5.82 Å². The van der Waals surface area contributed by atoms with Crippen LogP contribution in [0.3, 0.4) is 0 Å². The average Bonchev–Trinajstić information content (AvgIpc) is 2.79. The van der Waals surface area contributed by atoms with Gasteiger partial charge >= 0.3 is 0 Å². The molecule has 0 aliphatic carbocycles. The molecule has 0 saturated carbocycles. The Morgan fingerprint density at radius 3 is 2.32 bits per heavy atom. The number of hydrogen-bond acceptors (Lipinski definition) is 4. The van der Waals surface area contributed by atoms with E-state index in [1.807, 2.05) is 48.7 Å². The number of aromatic nitrogens is 2. The molecule has 152 valence electrons. The summed E-state index contributed by atoms with van der Waals surface area (Å²) < 4.78 is 5.88. The van der Waals surface area contributed by atoms with Gasteiger partial charge < -0.3 is 10.5 Å². The first-order valence-corrected chi connectivity index (χ1v) is 10.4. The van der Waals surface area contributed by atoms with Crippen molar-refractivity contribution in [1.82, 2.24) is 9.97 Å². The summed E-state index contributed by atoms with van der Waals surface area (Å²) in [7, 11) is 0. The van der Waals surface area contributed by atoms with Crippen LogP contribution >= 0.6 is 0 Å². The monoisotopic (exact) mass is 405 g/mol. The molecule has 4 heteroatoms. The van der Waals surface area contributed by atoms with E-state index in [0.29, 0.717) is 5.82 Å². The van der Waals surface area contributed by atoms with Gasteiger partial charge in [0.25, 0.3) is 0 Å². The summed E-state index contributed by atoms with van der Waals surface area (Å²) in [5.74, 6) is 2.16. The van der Waals surface area contributed by atoms with Crippen LogP contribution in [0.4, 0.5) is 5.82 Å². The summed E-state index contributed by atoms with van der Waals surface area (Å²) in [6, 6.07) is 26.6. The summed E-state index contributed by atoms with van der Waals surface area (Å²) in [4.78, 5) is 9.15. The lowest BCUT2D eigenvalue weighted by molar-refractivity contribution is 0.482. The van der Waals surface area contributed by atoms with Crippen molar-refractivity contribution in [2.75, 3.05) is 5.73 Å². The molecule has 0 spiro atoms. The van der Waals surface area contributed by atoms with Gasteiger partial charge in [-0.2, -0.15) is 0 Å². The molecule has 0 radical (unpaired) electrons. The molecule has 0 bridgehead atoms. The molecule has 0 aliphatic rings. The lowest BCUT2D eigenvalue weighted by atomic mass is 10.0. The Hall–Kier alpha value is -3.92. The molecule has 0 aliphatic heterocycles. The maximum Gasteiger partial charge on any atom is 0.150 e. The second-order valence-corrected chi connectivity index (χ2v) is 7.82. The number of nitrogen functional groups attached to an aromatic ring is 1. The van der Waals surface area contributed by atoms with Gasteiger partial charge in [-0.1, -0.05) is 42.5 Å². The lowest BCUT2D eigenvalue weighted by Gasteiger charge is -2.09. The van der Waals surface area contributed by atoms with Gasteiger partial charge in [-0.25, -0.2) is 4.98 Å². The van der Waals surface area contributed by atoms with Crippen LogP contribution in [0.5, 0.6) is 11.5 Å². The Bertz CT molecular complexity index is 1360. The fourth-order valence-electron chi connectivity index (χ4n) is 3.84. The van der Waals surface area contributed by atoms with Gasteiger partial charge in [0.2, 0.25) is 0 Å². The zero-order valence-electron chi connectivity index (χ0n) is 17.4. The van der Waals surface area contributed by atoms with Gasteiger partial charge in [-0.05, 0) is 72.9 Å². The Morgan fingerprint density at radius 2 is 1.52 bits per heavy atom. The molecule has 0 saturated heterocycles. The lowest BCUT2D eigenvalue weighted by Crippen LogP contribution is -1.98. The normalized spacial score (nSPS) is 11.1. The number of hydrogen-bond donors (Lipinski definition) is 1. The second-order valence-electron chi connectivity index (χ2n) is 7.82. The van der Waals surface area contributed by atoms with Crippen molar-refractivity contribution in [3.8, 4) is 11.5 Å². The van der Waals surface area contributed by atoms with Crippen LogP contribution in [0.25, 0.3) is 21.8 Å². The molecule has 0 unspecified atom stereocenters. The van der Waals surface area contributed by atoms with Gasteiger partial charge in [0.1, 0.15) is 17.0 Å². The van der Waals surface area contributed by atoms with Gasteiger partial charge in [-0.3, -0.25) is 4.98 Å².